The van der Waals surface area contributed by atoms with Crippen LogP contribution in [-0.4, -0.2) is 23.0 Å². The second-order valence-corrected chi connectivity index (χ2v) is 3.82. The summed E-state index contributed by atoms with van der Waals surface area (Å²) in [6, 6.07) is 5.41. The summed E-state index contributed by atoms with van der Waals surface area (Å²) in [7, 11) is 1.60. The summed E-state index contributed by atoms with van der Waals surface area (Å²) in [5.41, 5.74) is 7.37. The van der Waals surface area contributed by atoms with E-state index in [1.54, 1.807) is 19.2 Å². The molecule has 4 N–H and O–H groups in total. The molecule has 6 heteroatoms. The molecule has 18 heavy (non-hydrogen) atoms. The van der Waals surface area contributed by atoms with E-state index < -0.39 is 0 Å². The smallest absolute Gasteiger partial charge is 0.273 e. The molecule has 94 valence electrons. The fourth-order valence-electron chi connectivity index (χ4n) is 1.55. The number of nitrogens with two attached hydrogens (primary N) is 1. The van der Waals surface area contributed by atoms with Crippen LogP contribution in [0.25, 0.3) is 0 Å². The van der Waals surface area contributed by atoms with Crippen molar-refractivity contribution >= 4 is 17.5 Å². The Morgan fingerprint density at radius 2 is 2.28 bits per heavy atom. The van der Waals surface area contributed by atoms with E-state index in [0.717, 1.165) is 11.3 Å². The topological polar surface area (TPSA) is 93.0 Å². The van der Waals surface area contributed by atoms with Gasteiger partial charge in [-0.1, -0.05) is 0 Å². The molecule has 0 bridgehead atoms. The molecule has 1 aromatic carbocycles. The van der Waals surface area contributed by atoms with Crippen molar-refractivity contribution in [3.63, 3.8) is 0 Å². The third kappa shape index (κ3) is 2.42. The Hall–Kier alpha value is -2.50. The van der Waals surface area contributed by atoms with Crippen molar-refractivity contribution in [2.24, 2.45) is 0 Å². The maximum Gasteiger partial charge on any atom is 0.273 e. The number of carbonyl (C=O) groups is 1. The molecule has 0 aliphatic rings. The van der Waals surface area contributed by atoms with E-state index in [4.69, 9.17) is 10.5 Å². The summed E-state index contributed by atoms with van der Waals surface area (Å²) < 4.78 is 5.10. The number of nitrogens with zero attached hydrogens (tertiary/aromatic N) is 1. The standard InChI is InChI=1S/C12H14N4O2/c1-7-5-8(18-2)3-4-9(7)15-11(17)10-6-14-12(13)16-10/h3-6H,1-2H3,(H,15,17)(H3,13,14,16). The monoisotopic (exact) mass is 246 g/mol. The van der Waals surface area contributed by atoms with E-state index in [2.05, 4.69) is 15.3 Å². The largest absolute Gasteiger partial charge is 0.497 e. The van der Waals surface area contributed by atoms with Crippen LogP contribution < -0.4 is 15.8 Å². The molecular formula is C12H14N4O2. The zero-order valence-corrected chi connectivity index (χ0v) is 10.2. The number of hydrogen-bond donors (Lipinski definition) is 3. The van der Waals surface area contributed by atoms with Gasteiger partial charge in [0.2, 0.25) is 0 Å². The Morgan fingerprint density at radius 3 is 2.83 bits per heavy atom. The second-order valence-electron chi connectivity index (χ2n) is 3.82. The number of aromatic nitrogens is 2. The van der Waals surface area contributed by atoms with Crippen LogP contribution in [0.2, 0.25) is 0 Å². The highest BCUT2D eigenvalue weighted by Crippen LogP contribution is 2.21. The lowest BCUT2D eigenvalue weighted by Gasteiger charge is -2.08. The average molecular weight is 246 g/mol. The Morgan fingerprint density at radius 1 is 1.50 bits per heavy atom. The molecule has 2 rings (SSSR count). The van der Waals surface area contributed by atoms with Crippen molar-refractivity contribution in [2.75, 3.05) is 18.2 Å². The summed E-state index contributed by atoms with van der Waals surface area (Å²) in [5, 5.41) is 2.77. The molecule has 0 saturated carbocycles. The Labute approximate surface area is 104 Å². The average Bonchev–Trinajstić information content (AvgIpc) is 2.78. The lowest BCUT2D eigenvalue weighted by molar-refractivity contribution is 0.102. The van der Waals surface area contributed by atoms with Gasteiger partial charge >= 0.3 is 0 Å². The van der Waals surface area contributed by atoms with E-state index in [-0.39, 0.29) is 11.9 Å². The molecule has 1 heterocycles. The fraction of sp³-hybridized carbons (Fsp3) is 0.167. The molecule has 0 unspecified atom stereocenters. The maximum atomic E-state index is 11.9. The minimum atomic E-state index is -0.285. The van der Waals surface area contributed by atoms with Gasteiger partial charge in [0.25, 0.3) is 5.91 Å². The quantitative estimate of drug-likeness (QED) is 0.766. The minimum Gasteiger partial charge on any atom is -0.497 e. The van der Waals surface area contributed by atoms with Gasteiger partial charge in [0.15, 0.2) is 5.95 Å². The lowest BCUT2D eigenvalue weighted by Crippen LogP contribution is -2.13. The van der Waals surface area contributed by atoms with Gasteiger partial charge in [-0.2, -0.15) is 0 Å². The van der Waals surface area contributed by atoms with Crippen LogP contribution in [0.5, 0.6) is 5.75 Å². The van der Waals surface area contributed by atoms with Crippen molar-refractivity contribution in [3.8, 4) is 5.75 Å². The Kier molecular flexibility index (Phi) is 3.18. The van der Waals surface area contributed by atoms with Gasteiger partial charge in [-0.3, -0.25) is 4.79 Å². The number of carbonyl (C=O) groups excluding carboxylic acids is 1. The number of aryl methyl sites for hydroxylation is 1. The highest BCUT2D eigenvalue weighted by molar-refractivity contribution is 6.03. The van der Waals surface area contributed by atoms with Gasteiger partial charge in [-0.15, -0.1) is 0 Å². The van der Waals surface area contributed by atoms with E-state index >= 15 is 0 Å². The van der Waals surface area contributed by atoms with Crippen molar-refractivity contribution in [1.29, 1.82) is 0 Å². The van der Waals surface area contributed by atoms with Gasteiger partial charge < -0.3 is 20.8 Å². The molecule has 6 nitrogen and oxygen atoms in total. The van der Waals surface area contributed by atoms with Crippen molar-refractivity contribution < 1.29 is 9.53 Å². The number of imidazole rings is 1. The third-order valence-electron chi connectivity index (χ3n) is 2.52. The third-order valence-corrected chi connectivity index (χ3v) is 2.52. The van der Waals surface area contributed by atoms with Gasteiger partial charge in [0.1, 0.15) is 11.4 Å². The number of rotatable bonds is 3. The summed E-state index contributed by atoms with van der Waals surface area (Å²) in [6.45, 7) is 1.89. The zero-order chi connectivity index (χ0) is 13.1. The molecule has 0 spiro atoms. The van der Waals surface area contributed by atoms with Crippen LogP contribution in [0, 0.1) is 6.92 Å². The lowest BCUT2D eigenvalue weighted by atomic mass is 10.2. The zero-order valence-electron chi connectivity index (χ0n) is 10.2. The molecular weight excluding hydrogens is 232 g/mol. The van der Waals surface area contributed by atoms with E-state index in [9.17, 15) is 4.79 Å². The van der Waals surface area contributed by atoms with Crippen molar-refractivity contribution in [3.05, 3.63) is 35.7 Å². The molecule has 0 atom stereocenters. The van der Waals surface area contributed by atoms with Crippen LogP contribution in [0.3, 0.4) is 0 Å². The van der Waals surface area contributed by atoms with E-state index in [1.807, 2.05) is 13.0 Å². The van der Waals surface area contributed by atoms with Crippen LogP contribution in [0.4, 0.5) is 11.6 Å². The summed E-state index contributed by atoms with van der Waals surface area (Å²) >= 11 is 0. The SMILES string of the molecule is COc1ccc(NC(=O)c2cnc(N)[nH]2)c(C)c1. The summed E-state index contributed by atoms with van der Waals surface area (Å²) in [5.74, 6) is 0.676. The van der Waals surface area contributed by atoms with Gasteiger partial charge in [0.05, 0.1) is 13.3 Å². The second kappa shape index (κ2) is 4.79. The minimum absolute atomic E-state index is 0.214. The highest BCUT2D eigenvalue weighted by atomic mass is 16.5. The molecule has 0 aliphatic carbocycles. The van der Waals surface area contributed by atoms with E-state index in [1.165, 1.54) is 6.20 Å². The molecule has 0 aliphatic heterocycles. The number of nitrogen functional groups attached to an aromatic ring is 1. The number of aromatic amines is 1. The predicted octanol–water partition coefficient (Wildman–Crippen LogP) is 1.56. The van der Waals surface area contributed by atoms with E-state index in [0.29, 0.717) is 11.4 Å². The van der Waals surface area contributed by atoms with Gasteiger partial charge in [-0.25, -0.2) is 4.98 Å². The van der Waals surface area contributed by atoms with Crippen molar-refractivity contribution in [2.45, 2.75) is 6.92 Å². The van der Waals surface area contributed by atoms with Crippen LogP contribution in [0.15, 0.2) is 24.4 Å². The molecule has 0 saturated heterocycles. The summed E-state index contributed by atoms with van der Waals surface area (Å²) in [4.78, 5) is 18.3. The highest BCUT2D eigenvalue weighted by Gasteiger charge is 2.10. The van der Waals surface area contributed by atoms with Crippen LogP contribution >= 0.6 is 0 Å². The Bertz CT molecular complexity index is 577. The molecule has 2 aromatic rings. The number of ether oxygens (including phenoxy) is 1. The molecule has 1 amide bonds. The first kappa shape index (κ1) is 12.0. The first-order valence-corrected chi connectivity index (χ1v) is 5.36. The fourth-order valence-corrected chi connectivity index (χ4v) is 1.55. The number of hydrogen-bond acceptors (Lipinski definition) is 4. The van der Waals surface area contributed by atoms with Gasteiger partial charge in [-0.05, 0) is 30.7 Å². The number of nitrogens with one attached hydrogen (secondary N) is 2. The normalized spacial score (nSPS) is 10.1. The number of amides is 1. The maximum absolute atomic E-state index is 11.9. The summed E-state index contributed by atoms with van der Waals surface area (Å²) in [6.07, 6.45) is 1.39. The van der Waals surface area contributed by atoms with Crippen molar-refractivity contribution in [1.82, 2.24) is 9.97 Å². The Balaban J connectivity index is 2.16. The number of H-pyrrole nitrogens is 1. The first-order valence-electron chi connectivity index (χ1n) is 5.36. The molecule has 0 fully saturated rings. The number of benzene rings is 1. The van der Waals surface area contributed by atoms with Gasteiger partial charge in [0, 0.05) is 5.69 Å². The molecule has 0 radical (unpaired) electrons. The molecule has 1 aromatic heterocycles. The van der Waals surface area contributed by atoms with Crippen LogP contribution in [-0.2, 0) is 0 Å². The predicted molar refractivity (Wildman–Crippen MR) is 68.7 cm³/mol. The number of anilines is 2. The number of methoxy groups -OCH3 is 1. The van der Waals surface area contributed by atoms with Crippen LogP contribution in [0.1, 0.15) is 16.1 Å². The first-order chi connectivity index (χ1) is 8.60.